The molecule has 0 bridgehead atoms. The lowest BCUT2D eigenvalue weighted by Crippen LogP contribution is -2.10. The number of furan rings is 1. The minimum absolute atomic E-state index is 0.559. The van der Waals surface area contributed by atoms with Crippen LogP contribution in [0.3, 0.4) is 0 Å². The molecule has 0 aliphatic rings. The molecule has 1 heterocycles. The maximum atomic E-state index is 6.19. The average Bonchev–Trinajstić information content (AvgIpc) is 2.94. The molecule has 0 radical (unpaired) electrons. The summed E-state index contributed by atoms with van der Waals surface area (Å²) in [5.41, 5.74) is 1.69. The van der Waals surface area contributed by atoms with Crippen molar-refractivity contribution < 1.29 is 9.15 Å². The van der Waals surface area contributed by atoms with Crippen molar-refractivity contribution in [2.75, 3.05) is 5.32 Å². The molecule has 0 saturated carbocycles. The van der Waals surface area contributed by atoms with Crippen molar-refractivity contribution in [3.8, 4) is 5.75 Å². The number of rotatable bonds is 5. The minimum atomic E-state index is 0.559. The van der Waals surface area contributed by atoms with Crippen molar-refractivity contribution in [2.24, 2.45) is 0 Å². The second kappa shape index (κ2) is 7.47. The number of anilines is 1. The van der Waals surface area contributed by atoms with Gasteiger partial charge in [0.1, 0.15) is 16.5 Å². The smallest absolute Gasteiger partial charge is 0.147 e. The summed E-state index contributed by atoms with van der Waals surface area (Å²) in [6, 6.07) is 7.32. The summed E-state index contributed by atoms with van der Waals surface area (Å²) in [5.74, 6) is 2.26. The third kappa shape index (κ3) is 3.90. The number of hydrogen-bond acceptors (Lipinski definition) is 3. The second-order valence-corrected chi connectivity index (χ2v) is 5.52. The normalized spacial score (nSPS) is 11.4. The number of hydrogen-bond donors (Lipinski definition) is 1. The molecule has 3 nitrogen and oxygen atoms in total. The van der Waals surface area contributed by atoms with E-state index in [2.05, 4.69) is 5.32 Å². The van der Waals surface area contributed by atoms with Crippen LogP contribution in [0, 0.1) is 6.92 Å². The van der Waals surface area contributed by atoms with E-state index >= 15 is 0 Å². The standard InChI is InChI=1S/C17H18ClNO2S/c1-4-13(5-2)21-16-10-12(6-7-15(16)18)19-17(22)14-8-9-20-11(14)3/h4,6-10H,5H2,1-3H3,(H,19,22). The fourth-order valence-electron chi connectivity index (χ4n) is 1.95. The van der Waals surface area contributed by atoms with Crippen LogP contribution >= 0.6 is 23.8 Å². The fourth-order valence-corrected chi connectivity index (χ4v) is 2.44. The molecule has 0 unspecified atom stereocenters. The van der Waals surface area contributed by atoms with Crippen molar-refractivity contribution >= 4 is 34.5 Å². The zero-order valence-electron chi connectivity index (χ0n) is 12.8. The second-order valence-electron chi connectivity index (χ2n) is 4.70. The topological polar surface area (TPSA) is 34.4 Å². The SMILES string of the molecule is CC=C(CC)Oc1cc(NC(=S)c2ccoc2C)ccc1Cl. The molecule has 0 aliphatic heterocycles. The summed E-state index contributed by atoms with van der Waals surface area (Å²) >= 11 is 11.6. The summed E-state index contributed by atoms with van der Waals surface area (Å²) in [6.45, 7) is 5.84. The van der Waals surface area contributed by atoms with Gasteiger partial charge in [-0.2, -0.15) is 0 Å². The minimum Gasteiger partial charge on any atom is -0.469 e. The highest BCUT2D eigenvalue weighted by Gasteiger charge is 2.10. The first kappa shape index (κ1) is 16.6. The largest absolute Gasteiger partial charge is 0.469 e. The monoisotopic (exact) mass is 335 g/mol. The number of allylic oxidation sites excluding steroid dienone is 2. The molecule has 0 amide bonds. The molecule has 1 aromatic carbocycles. The molecule has 0 spiro atoms. The van der Waals surface area contributed by atoms with Gasteiger partial charge in [-0.05, 0) is 38.1 Å². The molecule has 0 fully saturated rings. The highest BCUT2D eigenvalue weighted by Crippen LogP contribution is 2.30. The zero-order chi connectivity index (χ0) is 16.1. The third-order valence-corrected chi connectivity index (χ3v) is 3.84. The van der Waals surface area contributed by atoms with E-state index in [-0.39, 0.29) is 0 Å². The van der Waals surface area contributed by atoms with Gasteiger partial charge < -0.3 is 14.5 Å². The predicted molar refractivity (Wildman–Crippen MR) is 94.9 cm³/mol. The van der Waals surface area contributed by atoms with Crippen LogP contribution in [0.25, 0.3) is 0 Å². The Kier molecular flexibility index (Phi) is 5.63. The van der Waals surface area contributed by atoms with Crippen LogP contribution in [0.5, 0.6) is 5.75 Å². The van der Waals surface area contributed by atoms with Gasteiger partial charge in [-0.3, -0.25) is 0 Å². The molecule has 22 heavy (non-hydrogen) atoms. The lowest BCUT2D eigenvalue weighted by atomic mass is 10.2. The van der Waals surface area contributed by atoms with Gasteiger partial charge >= 0.3 is 0 Å². The van der Waals surface area contributed by atoms with E-state index in [1.54, 1.807) is 12.3 Å². The number of ether oxygens (including phenoxy) is 1. The summed E-state index contributed by atoms with van der Waals surface area (Å²) in [6.07, 6.45) is 4.35. The molecule has 2 rings (SSSR count). The molecule has 0 atom stereocenters. The quantitative estimate of drug-likeness (QED) is 0.559. The van der Waals surface area contributed by atoms with Gasteiger partial charge in [-0.25, -0.2) is 0 Å². The zero-order valence-corrected chi connectivity index (χ0v) is 14.3. The highest BCUT2D eigenvalue weighted by molar-refractivity contribution is 7.81. The molecule has 1 aromatic heterocycles. The first-order chi connectivity index (χ1) is 10.5. The Morgan fingerprint density at radius 1 is 1.41 bits per heavy atom. The van der Waals surface area contributed by atoms with Gasteiger partial charge in [0.2, 0.25) is 0 Å². The van der Waals surface area contributed by atoms with Crippen molar-refractivity contribution in [3.63, 3.8) is 0 Å². The number of halogens is 1. The van der Waals surface area contributed by atoms with Gasteiger partial charge in [0.15, 0.2) is 0 Å². The maximum Gasteiger partial charge on any atom is 0.147 e. The van der Waals surface area contributed by atoms with Crippen LogP contribution < -0.4 is 10.1 Å². The van der Waals surface area contributed by atoms with Crippen LogP contribution in [0.2, 0.25) is 5.02 Å². The van der Waals surface area contributed by atoms with E-state index in [0.29, 0.717) is 15.8 Å². The molecule has 116 valence electrons. The van der Waals surface area contributed by atoms with Crippen LogP contribution in [0.1, 0.15) is 31.6 Å². The van der Waals surface area contributed by atoms with Gasteiger partial charge in [0.25, 0.3) is 0 Å². The summed E-state index contributed by atoms with van der Waals surface area (Å²) in [4.78, 5) is 0.598. The van der Waals surface area contributed by atoms with E-state index < -0.39 is 0 Å². The molecule has 1 N–H and O–H groups in total. The number of thiocarbonyl (C=S) groups is 1. The van der Waals surface area contributed by atoms with E-state index in [0.717, 1.165) is 29.2 Å². The Labute approximate surface area is 140 Å². The molecule has 0 aliphatic carbocycles. The highest BCUT2D eigenvalue weighted by atomic mass is 35.5. The number of benzene rings is 1. The number of aryl methyl sites for hydroxylation is 1. The van der Waals surface area contributed by atoms with Crippen LogP contribution in [-0.2, 0) is 0 Å². The molecular formula is C17H18ClNO2S. The first-order valence-electron chi connectivity index (χ1n) is 7.03. The van der Waals surface area contributed by atoms with Gasteiger partial charge in [0.05, 0.1) is 22.6 Å². The first-order valence-corrected chi connectivity index (χ1v) is 7.81. The molecule has 2 aromatic rings. The summed E-state index contributed by atoms with van der Waals surface area (Å²) in [5, 5.41) is 3.73. The lowest BCUT2D eigenvalue weighted by molar-refractivity contribution is 0.409. The van der Waals surface area contributed by atoms with E-state index in [9.17, 15) is 0 Å². The molecule has 5 heteroatoms. The van der Waals surface area contributed by atoms with Crippen molar-refractivity contribution in [1.82, 2.24) is 0 Å². The van der Waals surface area contributed by atoms with Crippen LogP contribution in [0.4, 0.5) is 5.69 Å². The average molecular weight is 336 g/mol. The Balaban J connectivity index is 2.19. The van der Waals surface area contributed by atoms with Gasteiger partial charge in [-0.1, -0.05) is 30.7 Å². The van der Waals surface area contributed by atoms with Crippen LogP contribution in [0.15, 0.2) is 46.8 Å². The molecule has 0 saturated heterocycles. The van der Waals surface area contributed by atoms with Crippen molar-refractivity contribution in [3.05, 3.63) is 58.7 Å². The summed E-state index contributed by atoms with van der Waals surface area (Å²) in [7, 11) is 0. The predicted octanol–water partition coefficient (Wildman–Crippen LogP) is 5.72. The van der Waals surface area contributed by atoms with E-state index in [1.165, 1.54) is 0 Å². The lowest BCUT2D eigenvalue weighted by Gasteiger charge is -2.13. The number of nitrogens with one attached hydrogen (secondary N) is 1. The van der Waals surface area contributed by atoms with Gasteiger partial charge in [0, 0.05) is 18.2 Å². The fraction of sp³-hybridized carbons (Fsp3) is 0.235. The third-order valence-electron chi connectivity index (χ3n) is 3.20. The Morgan fingerprint density at radius 3 is 2.77 bits per heavy atom. The van der Waals surface area contributed by atoms with Crippen molar-refractivity contribution in [2.45, 2.75) is 27.2 Å². The van der Waals surface area contributed by atoms with Crippen molar-refractivity contribution in [1.29, 1.82) is 0 Å². The van der Waals surface area contributed by atoms with Crippen LogP contribution in [-0.4, -0.2) is 4.99 Å². The Bertz CT molecular complexity index is 706. The van der Waals surface area contributed by atoms with E-state index in [1.807, 2.05) is 45.0 Å². The maximum absolute atomic E-state index is 6.19. The Hall–Kier alpha value is -1.78. The Morgan fingerprint density at radius 2 is 2.18 bits per heavy atom. The summed E-state index contributed by atoms with van der Waals surface area (Å²) < 4.78 is 11.1. The molecular weight excluding hydrogens is 318 g/mol. The van der Waals surface area contributed by atoms with Gasteiger partial charge in [-0.15, -0.1) is 0 Å². The van der Waals surface area contributed by atoms with E-state index in [4.69, 9.17) is 33.0 Å².